The van der Waals surface area contributed by atoms with Crippen molar-refractivity contribution in [1.82, 2.24) is 9.80 Å². The molecule has 0 bridgehead atoms. The number of piperazine rings is 1. The largest absolute Gasteiger partial charge is 0.393 e. The van der Waals surface area contributed by atoms with E-state index in [0.29, 0.717) is 11.2 Å². The van der Waals surface area contributed by atoms with Gasteiger partial charge in [-0.3, -0.25) is 4.90 Å². The van der Waals surface area contributed by atoms with Crippen LogP contribution in [-0.2, 0) is 0 Å². The molecular formula is C11H21N3OS. The number of nitrogens with zero attached hydrogens (tertiary/aromatic N) is 2. The number of aliphatic hydroxyl groups is 1. The number of aliphatic hydroxyl groups excluding tert-OH is 1. The summed E-state index contributed by atoms with van der Waals surface area (Å²) in [6.07, 6.45) is 4.20. The van der Waals surface area contributed by atoms with Gasteiger partial charge >= 0.3 is 0 Å². The van der Waals surface area contributed by atoms with E-state index in [9.17, 15) is 5.11 Å². The molecule has 0 aromatic carbocycles. The number of thiocarbonyl (C=S) groups is 1. The summed E-state index contributed by atoms with van der Waals surface area (Å²) in [5, 5.41) is 10.2. The van der Waals surface area contributed by atoms with Gasteiger partial charge in [0.05, 0.1) is 6.10 Å². The van der Waals surface area contributed by atoms with Gasteiger partial charge in [-0.1, -0.05) is 0 Å². The second kappa shape index (κ2) is 5.29. The minimum atomic E-state index is -0.0904. The summed E-state index contributed by atoms with van der Waals surface area (Å²) in [4.78, 5) is 4.54. The van der Waals surface area contributed by atoms with Gasteiger partial charge in [0, 0.05) is 32.2 Å². The summed E-state index contributed by atoms with van der Waals surface area (Å²) in [6.45, 7) is 3.91. The number of hydrogen-bond acceptors (Lipinski definition) is 3. The van der Waals surface area contributed by atoms with Crippen LogP contribution in [0.3, 0.4) is 0 Å². The predicted octanol–water partition coefficient (Wildman–Crippen LogP) is 0.151. The van der Waals surface area contributed by atoms with Crippen molar-refractivity contribution in [2.75, 3.05) is 26.2 Å². The molecule has 0 aromatic heterocycles. The predicted molar refractivity (Wildman–Crippen MR) is 68.2 cm³/mol. The Morgan fingerprint density at radius 2 is 1.88 bits per heavy atom. The molecule has 2 unspecified atom stereocenters. The maximum atomic E-state index is 9.67. The highest BCUT2D eigenvalue weighted by molar-refractivity contribution is 7.80. The average Bonchev–Trinajstić information content (AvgIpc) is 2.29. The van der Waals surface area contributed by atoms with Gasteiger partial charge in [-0.2, -0.15) is 0 Å². The van der Waals surface area contributed by atoms with E-state index < -0.39 is 0 Å². The molecule has 16 heavy (non-hydrogen) atoms. The molecule has 1 aliphatic carbocycles. The zero-order valence-electron chi connectivity index (χ0n) is 9.64. The third-order valence-corrected chi connectivity index (χ3v) is 4.02. The summed E-state index contributed by atoms with van der Waals surface area (Å²) in [7, 11) is 0. The van der Waals surface area contributed by atoms with Gasteiger partial charge < -0.3 is 15.7 Å². The molecule has 2 rings (SSSR count). The molecule has 2 fully saturated rings. The van der Waals surface area contributed by atoms with E-state index >= 15 is 0 Å². The van der Waals surface area contributed by atoms with Crippen molar-refractivity contribution in [3.05, 3.63) is 0 Å². The molecule has 92 valence electrons. The second-order valence-corrected chi connectivity index (χ2v) is 5.25. The van der Waals surface area contributed by atoms with Crippen molar-refractivity contribution >= 4 is 17.3 Å². The molecule has 4 nitrogen and oxygen atoms in total. The molecule has 1 aliphatic heterocycles. The summed E-state index contributed by atoms with van der Waals surface area (Å²) < 4.78 is 0. The summed E-state index contributed by atoms with van der Waals surface area (Å²) in [5.41, 5.74) is 5.61. The minimum Gasteiger partial charge on any atom is -0.393 e. The lowest BCUT2D eigenvalue weighted by Crippen LogP contribution is -2.54. The van der Waals surface area contributed by atoms with Crippen molar-refractivity contribution in [2.24, 2.45) is 5.73 Å². The molecule has 0 aromatic rings. The number of rotatable bonds is 1. The first-order chi connectivity index (χ1) is 7.66. The zero-order valence-corrected chi connectivity index (χ0v) is 10.5. The van der Waals surface area contributed by atoms with E-state index in [1.807, 2.05) is 0 Å². The van der Waals surface area contributed by atoms with E-state index in [0.717, 1.165) is 45.4 Å². The molecule has 5 heteroatoms. The fourth-order valence-corrected chi connectivity index (χ4v) is 2.96. The Hall–Kier alpha value is -0.390. The molecule has 1 saturated heterocycles. The van der Waals surface area contributed by atoms with Gasteiger partial charge in [0.15, 0.2) is 5.11 Å². The summed E-state index contributed by atoms with van der Waals surface area (Å²) in [5.74, 6) is 0. The minimum absolute atomic E-state index is 0.0904. The van der Waals surface area contributed by atoms with Gasteiger partial charge in [-0.05, 0) is 37.9 Å². The van der Waals surface area contributed by atoms with E-state index in [1.54, 1.807) is 0 Å². The van der Waals surface area contributed by atoms with E-state index in [1.165, 1.54) is 6.42 Å². The summed E-state index contributed by atoms with van der Waals surface area (Å²) in [6, 6.07) is 0.567. The van der Waals surface area contributed by atoms with Crippen LogP contribution >= 0.6 is 12.2 Å². The van der Waals surface area contributed by atoms with Crippen LogP contribution in [0.15, 0.2) is 0 Å². The van der Waals surface area contributed by atoms with E-state index in [4.69, 9.17) is 18.0 Å². The van der Waals surface area contributed by atoms with Crippen LogP contribution in [0, 0.1) is 0 Å². The zero-order chi connectivity index (χ0) is 11.5. The van der Waals surface area contributed by atoms with Crippen LogP contribution in [0.25, 0.3) is 0 Å². The van der Waals surface area contributed by atoms with Gasteiger partial charge in [-0.15, -0.1) is 0 Å². The Kier molecular flexibility index (Phi) is 4.00. The molecule has 0 amide bonds. The number of hydrogen-bond donors (Lipinski definition) is 2. The molecule has 2 atom stereocenters. The molecule has 0 spiro atoms. The summed E-state index contributed by atoms with van der Waals surface area (Å²) >= 11 is 4.97. The van der Waals surface area contributed by atoms with Crippen molar-refractivity contribution in [1.29, 1.82) is 0 Å². The number of nitrogens with two attached hydrogens (primary N) is 1. The van der Waals surface area contributed by atoms with Crippen molar-refractivity contribution in [3.63, 3.8) is 0 Å². The normalized spacial score (nSPS) is 32.7. The monoisotopic (exact) mass is 243 g/mol. The van der Waals surface area contributed by atoms with Crippen molar-refractivity contribution in [3.8, 4) is 0 Å². The molecule has 0 radical (unpaired) electrons. The molecule has 3 N–H and O–H groups in total. The lowest BCUT2D eigenvalue weighted by Gasteiger charge is -2.41. The van der Waals surface area contributed by atoms with Crippen molar-refractivity contribution in [2.45, 2.75) is 37.8 Å². The third-order valence-electron chi connectivity index (χ3n) is 3.76. The Balaban J connectivity index is 1.81. The first kappa shape index (κ1) is 12.1. The van der Waals surface area contributed by atoms with Gasteiger partial charge in [0.25, 0.3) is 0 Å². The Morgan fingerprint density at radius 1 is 1.19 bits per heavy atom. The standard InChI is InChI=1S/C11H21N3OS/c12-11(16)14-6-4-13(5-7-14)9-2-1-3-10(15)8-9/h9-10,15H,1-8H2,(H2,12,16). The third kappa shape index (κ3) is 2.84. The molecular weight excluding hydrogens is 222 g/mol. The Bertz CT molecular complexity index is 254. The highest BCUT2D eigenvalue weighted by Gasteiger charge is 2.28. The van der Waals surface area contributed by atoms with E-state index in [-0.39, 0.29) is 6.10 Å². The highest BCUT2D eigenvalue weighted by Crippen LogP contribution is 2.23. The van der Waals surface area contributed by atoms with Crippen molar-refractivity contribution < 1.29 is 5.11 Å². The van der Waals surface area contributed by atoms with Crippen LogP contribution < -0.4 is 5.73 Å². The maximum Gasteiger partial charge on any atom is 0.166 e. The quantitative estimate of drug-likeness (QED) is 0.642. The van der Waals surface area contributed by atoms with Crippen LogP contribution in [0.4, 0.5) is 0 Å². The van der Waals surface area contributed by atoms with Gasteiger partial charge in [0.1, 0.15) is 0 Å². The van der Waals surface area contributed by atoms with Crippen LogP contribution in [0.1, 0.15) is 25.7 Å². The Labute approximate surface area is 102 Å². The average molecular weight is 243 g/mol. The van der Waals surface area contributed by atoms with Gasteiger partial charge in [0.2, 0.25) is 0 Å². The first-order valence-corrected chi connectivity index (χ1v) is 6.54. The lowest BCUT2D eigenvalue weighted by atomic mass is 9.91. The topological polar surface area (TPSA) is 52.7 Å². The SMILES string of the molecule is NC(=S)N1CCN(C2CCCC(O)C2)CC1. The van der Waals surface area contributed by atoms with Crippen LogP contribution in [0.5, 0.6) is 0 Å². The fraction of sp³-hybridized carbons (Fsp3) is 0.909. The maximum absolute atomic E-state index is 9.67. The molecule has 1 saturated carbocycles. The first-order valence-electron chi connectivity index (χ1n) is 6.13. The van der Waals surface area contributed by atoms with Crippen LogP contribution in [-0.4, -0.2) is 58.3 Å². The second-order valence-electron chi connectivity index (χ2n) is 4.84. The van der Waals surface area contributed by atoms with E-state index in [2.05, 4.69) is 9.80 Å². The molecule has 1 heterocycles. The highest BCUT2D eigenvalue weighted by atomic mass is 32.1. The smallest absolute Gasteiger partial charge is 0.166 e. The molecule has 2 aliphatic rings. The van der Waals surface area contributed by atoms with Gasteiger partial charge in [-0.25, -0.2) is 0 Å². The fourth-order valence-electron chi connectivity index (χ4n) is 2.78. The Morgan fingerprint density at radius 3 is 2.44 bits per heavy atom. The lowest BCUT2D eigenvalue weighted by molar-refractivity contribution is 0.0453. The van der Waals surface area contributed by atoms with Crippen LogP contribution in [0.2, 0.25) is 0 Å².